The molecule has 0 aliphatic rings. The van der Waals surface area contributed by atoms with E-state index in [4.69, 9.17) is 5.26 Å². The molecule has 0 atom stereocenters. The van der Waals surface area contributed by atoms with Gasteiger partial charge in [0.2, 0.25) is 0 Å². The summed E-state index contributed by atoms with van der Waals surface area (Å²) in [5, 5.41) is 12.6. The Balaban J connectivity index is 2.12. The van der Waals surface area contributed by atoms with Gasteiger partial charge in [0.05, 0.1) is 23.5 Å². The van der Waals surface area contributed by atoms with E-state index in [0.717, 1.165) is 5.69 Å². The molecular formula is C14H10FN3. The van der Waals surface area contributed by atoms with Crippen LogP contribution >= 0.6 is 0 Å². The minimum absolute atomic E-state index is 0.275. The SMILES string of the molecule is N#Cc1ccc(F)c(/C=N/Nc2ccccc2)c1. The zero-order chi connectivity index (χ0) is 12.8. The van der Waals surface area contributed by atoms with E-state index >= 15 is 0 Å². The van der Waals surface area contributed by atoms with E-state index in [1.807, 2.05) is 36.4 Å². The molecule has 2 aromatic rings. The van der Waals surface area contributed by atoms with Crippen molar-refractivity contribution in [1.29, 1.82) is 5.26 Å². The number of para-hydroxylation sites is 1. The summed E-state index contributed by atoms with van der Waals surface area (Å²) in [7, 11) is 0. The highest BCUT2D eigenvalue weighted by molar-refractivity contribution is 5.81. The molecule has 18 heavy (non-hydrogen) atoms. The lowest BCUT2D eigenvalue weighted by atomic mass is 10.1. The van der Waals surface area contributed by atoms with Gasteiger partial charge < -0.3 is 0 Å². The van der Waals surface area contributed by atoms with Crippen molar-refractivity contribution in [3.05, 3.63) is 65.5 Å². The predicted octanol–water partition coefficient (Wildman–Crippen LogP) is 3.14. The van der Waals surface area contributed by atoms with Crippen molar-refractivity contribution in [2.45, 2.75) is 0 Å². The Kier molecular flexibility index (Phi) is 3.67. The summed E-state index contributed by atoms with van der Waals surface area (Å²) in [6.45, 7) is 0. The highest BCUT2D eigenvalue weighted by Crippen LogP contribution is 2.09. The van der Waals surface area contributed by atoms with Crippen LogP contribution in [0.1, 0.15) is 11.1 Å². The number of nitrogens with one attached hydrogen (secondary N) is 1. The van der Waals surface area contributed by atoms with Gasteiger partial charge in [0.1, 0.15) is 5.82 Å². The van der Waals surface area contributed by atoms with Crippen LogP contribution in [0.25, 0.3) is 0 Å². The Bertz CT molecular complexity index is 600. The van der Waals surface area contributed by atoms with Crippen molar-refractivity contribution in [1.82, 2.24) is 0 Å². The summed E-state index contributed by atoms with van der Waals surface area (Å²) in [5.74, 6) is -0.410. The van der Waals surface area contributed by atoms with Gasteiger partial charge in [-0.1, -0.05) is 18.2 Å². The molecule has 0 fully saturated rings. The first-order valence-corrected chi connectivity index (χ1v) is 5.33. The number of hydrogen-bond donors (Lipinski definition) is 1. The number of hydrogen-bond acceptors (Lipinski definition) is 3. The van der Waals surface area contributed by atoms with Crippen molar-refractivity contribution < 1.29 is 4.39 Å². The quantitative estimate of drug-likeness (QED) is 0.660. The predicted molar refractivity (Wildman–Crippen MR) is 68.8 cm³/mol. The van der Waals surface area contributed by atoms with Crippen LogP contribution in [0.4, 0.5) is 10.1 Å². The highest BCUT2D eigenvalue weighted by Gasteiger charge is 2.00. The molecule has 0 bridgehead atoms. The van der Waals surface area contributed by atoms with E-state index in [2.05, 4.69) is 10.5 Å². The van der Waals surface area contributed by atoms with Crippen LogP contribution in [0.3, 0.4) is 0 Å². The Morgan fingerprint density at radius 3 is 2.67 bits per heavy atom. The van der Waals surface area contributed by atoms with Crippen molar-refractivity contribution in [3.63, 3.8) is 0 Å². The topological polar surface area (TPSA) is 48.2 Å². The third-order valence-corrected chi connectivity index (χ3v) is 2.30. The second-order valence-electron chi connectivity index (χ2n) is 3.58. The molecule has 1 N–H and O–H groups in total. The molecule has 0 spiro atoms. The van der Waals surface area contributed by atoms with Crippen LogP contribution in [-0.2, 0) is 0 Å². The number of nitrogens with zero attached hydrogens (tertiary/aromatic N) is 2. The molecule has 3 nitrogen and oxygen atoms in total. The second-order valence-corrected chi connectivity index (χ2v) is 3.58. The van der Waals surface area contributed by atoms with Crippen LogP contribution in [0.5, 0.6) is 0 Å². The van der Waals surface area contributed by atoms with Gasteiger partial charge in [0.25, 0.3) is 0 Å². The summed E-state index contributed by atoms with van der Waals surface area (Å²) >= 11 is 0. The summed E-state index contributed by atoms with van der Waals surface area (Å²) in [5.41, 5.74) is 4.26. The maximum absolute atomic E-state index is 13.4. The number of benzene rings is 2. The van der Waals surface area contributed by atoms with Crippen molar-refractivity contribution >= 4 is 11.9 Å². The average Bonchev–Trinajstić information content (AvgIpc) is 2.42. The molecule has 2 aromatic carbocycles. The van der Waals surface area contributed by atoms with Gasteiger partial charge in [-0.2, -0.15) is 10.4 Å². The van der Waals surface area contributed by atoms with Gasteiger partial charge >= 0.3 is 0 Å². The minimum atomic E-state index is -0.410. The van der Waals surface area contributed by atoms with Crippen LogP contribution < -0.4 is 5.43 Å². The van der Waals surface area contributed by atoms with E-state index in [0.29, 0.717) is 5.56 Å². The highest BCUT2D eigenvalue weighted by atomic mass is 19.1. The summed E-state index contributed by atoms with van der Waals surface area (Å²) in [6.07, 6.45) is 1.35. The summed E-state index contributed by atoms with van der Waals surface area (Å²) in [6, 6.07) is 15.4. The molecule has 0 radical (unpaired) electrons. The van der Waals surface area contributed by atoms with E-state index in [-0.39, 0.29) is 5.56 Å². The first-order chi connectivity index (χ1) is 8.79. The standard InChI is InChI=1S/C14H10FN3/c15-14-7-6-11(9-16)8-12(14)10-17-18-13-4-2-1-3-5-13/h1-8,10,18H/b17-10+. The third kappa shape index (κ3) is 2.92. The van der Waals surface area contributed by atoms with Crippen molar-refractivity contribution in [2.75, 3.05) is 5.43 Å². The molecule has 0 heterocycles. The monoisotopic (exact) mass is 239 g/mol. The van der Waals surface area contributed by atoms with Crippen molar-refractivity contribution in [2.24, 2.45) is 5.10 Å². The maximum atomic E-state index is 13.4. The Morgan fingerprint density at radius 1 is 1.17 bits per heavy atom. The lowest BCUT2D eigenvalue weighted by Gasteiger charge is -1.99. The molecule has 88 valence electrons. The number of hydrazone groups is 1. The number of nitriles is 1. The second kappa shape index (κ2) is 5.60. The molecule has 0 aliphatic heterocycles. The lowest BCUT2D eigenvalue weighted by Crippen LogP contribution is -1.93. The summed E-state index contributed by atoms with van der Waals surface area (Å²) < 4.78 is 13.4. The van der Waals surface area contributed by atoms with Crippen LogP contribution in [0.2, 0.25) is 0 Å². The Hall–Kier alpha value is -2.67. The van der Waals surface area contributed by atoms with E-state index in [9.17, 15) is 4.39 Å². The largest absolute Gasteiger partial charge is 0.279 e. The maximum Gasteiger partial charge on any atom is 0.132 e. The molecule has 0 amide bonds. The minimum Gasteiger partial charge on any atom is -0.279 e. The fraction of sp³-hybridized carbons (Fsp3) is 0. The van der Waals surface area contributed by atoms with Gasteiger partial charge in [-0.25, -0.2) is 4.39 Å². The van der Waals surface area contributed by atoms with E-state index < -0.39 is 5.82 Å². The molecule has 0 aliphatic carbocycles. The first-order valence-electron chi connectivity index (χ1n) is 5.33. The number of halogens is 1. The van der Waals surface area contributed by atoms with E-state index in [1.165, 1.54) is 24.4 Å². The van der Waals surface area contributed by atoms with Crippen LogP contribution in [-0.4, -0.2) is 6.21 Å². The van der Waals surface area contributed by atoms with Gasteiger partial charge in [-0.3, -0.25) is 5.43 Å². The molecule has 0 unspecified atom stereocenters. The fourth-order valence-corrected chi connectivity index (χ4v) is 1.40. The van der Waals surface area contributed by atoms with Gasteiger partial charge in [-0.05, 0) is 30.3 Å². The molecule has 4 heteroatoms. The average molecular weight is 239 g/mol. The molecule has 0 saturated carbocycles. The molecule has 0 saturated heterocycles. The molecular weight excluding hydrogens is 229 g/mol. The Morgan fingerprint density at radius 2 is 1.94 bits per heavy atom. The van der Waals surface area contributed by atoms with Gasteiger partial charge in [0, 0.05) is 5.56 Å². The smallest absolute Gasteiger partial charge is 0.132 e. The summed E-state index contributed by atoms with van der Waals surface area (Å²) in [4.78, 5) is 0. The van der Waals surface area contributed by atoms with E-state index in [1.54, 1.807) is 0 Å². The Labute approximate surface area is 104 Å². The van der Waals surface area contributed by atoms with Gasteiger partial charge in [-0.15, -0.1) is 0 Å². The molecule has 0 aromatic heterocycles. The van der Waals surface area contributed by atoms with Crippen molar-refractivity contribution in [3.8, 4) is 6.07 Å². The molecule has 2 rings (SSSR count). The van der Waals surface area contributed by atoms with Crippen LogP contribution in [0.15, 0.2) is 53.6 Å². The number of anilines is 1. The number of rotatable bonds is 3. The zero-order valence-corrected chi connectivity index (χ0v) is 9.47. The normalized spacial score (nSPS) is 10.2. The third-order valence-electron chi connectivity index (χ3n) is 2.30. The first kappa shape index (κ1) is 11.8. The van der Waals surface area contributed by atoms with Gasteiger partial charge in [0.15, 0.2) is 0 Å². The fourth-order valence-electron chi connectivity index (χ4n) is 1.40. The lowest BCUT2D eigenvalue weighted by molar-refractivity contribution is 0.626. The van der Waals surface area contributed by atoms with Crippen LogP contribution in [0, 0.1) is 17.1 Å². The zero-order valence-electron chi connectivity index (χ0n) is 9.47.